The van der Waals surface area contributed by atoms with Crippen LogP contribution in [0, 0.1) is 0 Å². The first kappa shape index (κ1) is 6.98. The lowest BCUT2D eigenvalue weighted by Crippen LogP contribution is -2.48. The lowest BCUT2D eigenvalue weighted by Gasteiger charge is -2.26. The molecule has 0 aliphatic carbocycles. The summed E-state index contributed by atoms with van der Waals surface area (Å²) in [6, 6.07) is 0.111. The summed E-state index contributed by atoms with van der Waals surface area (Å²) < 4.78 is 20.7. The summed E-state index contributed by atoms with van der Waals surface area (Å²) in [6.45, 7) is 0.917. The lowest BCUT2D eigenvalue weighted by atomic mass is 10.1. The van der Waals surface area contributed by atoms with Crippen LogP contribution in [0.2, 0.25) is 0 Å². The minimum absolute atomic E-state index is 0.0764. The Morgan fingerprint density at radius 2 is 2.22 bits per heavy atom. The molecular formula is C4H10N2O2S. The number of hydrogen-bond acceptors (Lipinski definition) is 3. The molecule has 1 unspecified atom stereocenters. The van der Waals surface area contributed by atoms with Gasteiger partial charge < -0.3 is 5.32 Å². The first-order valence-electron chi connectivity index (χ1n) is 2.82. The van der Waals surface area contributed by atoms with Crippen molar-refractivity contribution in [2.24, 2.45) is 5.14 Å². The number of rotatable bonds is 2. The third-order valence-electron chi connectivity index (χ3n) is 1.36. The third kappa shape index (κ3) is 2.30. The van der Waals surface area contributed by atoms with Gasteiger partial charge in [-0.25, -0.2) is 13.6 Å². The second kappa shape index (κ2) is 2.24. The van der Waals surface area contributed by atoms with Gasteiger partial charge in [-0.15, -0.1) is 0 Å². The molecule has 1 saturated heterocycles. The van der Waals surface area contributed by atoms with E-state index in [1.807, 2.05) is 0 Å². The van der Waals surface area contributed by atoms with Gasteiger partial charge in [0.15, 0.2) is 0 Å². The van der Waals surface area contributed by atoms with Crippen LogP contribution < -0.4 is 10.5 Å². The molecule has 5 heteroatoms. The van der Waals surface area contributed by atoms with E-state index in [1.54, 1.807) is 0 Å². The molecule has 1 atom stereocenters. The van der Waals surface area contributed by atoms with E-state index >= 15 is 0 Å². The normalized spacial score (nSPS) is 27.4. The molecule has 0 spiro atoms. The van der Waals surface area contributed by atoms with Gasteiger partial charge >= 0.3 is 0 Å². The summed E-state index contributed by atoms with van der Waals surface area (Å²) in [5.74, 6) is 0.0764. The highest BCUT2D eigenvalue weighted by Gasteiger charge is 2.20. The average Bonchev–Trinajstić information content (AvgIpc) is 1.53. The molecule has 0 aromatic rings. The number of sulfonamides is 1. The molecule has 1 aliphatic rings. The van der Waals surface area contributed by atoms with E-state index in [9.17, 15) is 8.42 Å². The average molecular weight is 150 g/mol. The highest BCUT2D eigenvalue weighted by molar-refractivity contribution is 7.89. The predicted octanol–water partition coefficient (Wildman–Crippen LogP) is -1.36. The second-order valence-corrected chi connectivity index (χ2v) is 3.93. The standard InChI is InChI=1S/C4H10N2O2S/c5-9(7,8)3-4-1-2-6-4/h4,6H,1-3H2,(H2,5,7,8). The predicted molar refractivity (Wildman–Crippen MR) is 34.4 cm³/mol. The van der Waals surface area contributed by atoms with Crippen LogP contribution in [0.1, 0.15) is 6.42 Å². The van der Waals surface area contributed by atoms with Gasteiger partial charge in [-0.1, -0.05) is 0 Å². The Hall–Kier alpha value is -0.130. The molecule has 3 N–H and O–H groups in total. The molecule has 1 aliphatic heterocycles. The molecule has 4 nitrogen and oxygen atoms in total. The Morgan fingerprint density at radius 3 is 2.33 bits per heavy atom. The smallest absolute Gasteiger partial charge is 0.210 e. The molecule has 0 bridgehead atoms. The van der Waals surface area contributed by atoms with E-state index in [-0.39, 0.29) is 11.8 Å². The Kier molecular flexibility index (Phi) is 1.74. The summed E-state index contributed by atoms with van der Waals surface area (Å²) in [6.07, 6.45) is 0.927. The van der Waals surface area contributed by atoms with E-state index < -0.39 is 10.0 Å². The van der Waals surface area contributed by atoms with Crippen molar-refractivity contribution in [3.63, 3.8) is 0 Å². The van der Waals surface area contributed by atoms with E-state index in [2.05, 4.69) is 5.32 Å². The van der Waals surface area contributed by atoms with Crippen molar-refractivity contribution in [3.8, 4) is 0 Å². The van der Waals surface area contributed by atoms with Crippen molar-refractivity contribution < 1.29 is 8.42 Å². The van der Waals surface area contributed by atoms with E-state index in [4.69, 9.17) is 5.14 Å². The van der Waals surface area contributed by atoms with Crippen molar-refractivity contribution >= 4 is 10.0 Å². The maximum absolute atomic E-state index is 10.4. The highest BCUT2D eigenvalue weighted by atomic mass is 32.2. The summed E-state index contributed by atoms with van der Waals surface area (Å²) in [4.78, 5) is 0. The lowest BCUT2D eigenvalue weighted by molar-refractivity contribution is 0.399. The second-order valence-electron chi connectivity index (χ2n) is 2.27. The fourth-order valence-corrected chi connectivity index (χ4v) is 1.62. The number of nitrogens with two attached hydrogens (primary N) is 1. The molecule has 0 saturated carbocycles. The summed E-state index contributed by atoms with van der Waals surface area (Å²) in [5, 5.41) is 7.72. The molecule has 0 aromatic carbocycles. The monoisotopic (exact) mass is 150 g/mol. The van der Waals surface area contributed by atoms with E-state index in [1.165, 1.54) is 0 Å². The highest BCUT2D eigenvalue weighted by Crippen LogP contribution is 2.02. The number of hydrogen-bond donors (Lipinski definition) is 2. The quantitative estimate of drug-likeness (QED) is 0.510. The van der Waals surface area contributed by atoms with Gasteiger partial charge in [0.2, 0.25) is 10.0 Å². The molecule has 0 aromatic heterocycles. The van der Waals surface area contributed by atoms with Crippen LogP contribution in [-0.2, 0) is 10.0 Å². The van der Waals surface area contributed by atoms with Crippen LogP contribution in [-0.4, -0.2) is 26.8 Å². The summed E-state index contributed by atoms with van der Waals surface area (Å²) in [7, 11) is -3.25. The van der Waals surface area contributed by atoms with Gasteiger partial charge in [-0.3, -0.25) is 0 Å². The molecule has 1 rings (SSSR count). The Morgan fingerprint density at radius 1 is 1.67 bits per heavy atom. The van der Waals surface area contributed by atoms with Crippen LogP contribution in [0.15, 0.2) is 0 Å². The van der Waals surface area contributed by atoms with Crippen LogP contribution in [0.4, 0.5) is 0 Å². The van der Waals surface area contributed by atoms with Crippen LogP contribution in [0.5, 0.6) is 0 Å². The van der Waals surface area contributed by atoms with Gasteiger partial charge in [0, 0.05) is 6.04 Å². The zero-order chi connectivity index (χ0) is 6.91. The van der Waals surface area contributed by atoms with Crippen molar-refractivity contribution in [1.29, 1.82) is 0 Å². The molecule has 9 heavy (non-hydrogen) atoms. The maximum atomic E-state index is 10.4. The fraction of sp³-hybridized carbons (Fsp3) is 1.00. The molecule has 0 radical (unpaired) electrons. The maximum Gasteiger partial charge on any atom is 0.210 e. The molecule has 0 amide bonds. The van der Waals surface area contributed by atoms with Gasteiger partial charge in [-0.05, 0) is 13.0 Å². The van der Waals surface area contributed by atoms with Crippen molar-refractivity contribution in [2.75, 3.05) is 12.3 Å². The van der Waals surface area contributed by atoms with Crippen molar-refractivity contribution in [2.45, 2.75) is 12.5 Å². The largest absolute Gasteiger partial charge is 0.313 e. The molecule has 1 heterocycles. The minimum Gasteiger partial charge on any atom is -0.313 e. The van der Waals surface area contributed by atoms with E-state index in [0.29, 0.717) is 0 Å². The van der Waals surface area contributed by atoms with Gasteiger partial charge in [0.05, 0.1) is 5.75 Å². The first-order chi connectivity index (χ1) is 4.08. The summed E-state index contributed by atoms with van der Waals surface area (Å²) >= 11 is 0. The zero-order valence-electron chi connectivity index (χ0n) is 5.00. The van der Waals surface area contributed by atoms with Crippen LogP contribution in [0.3, 0.4) is 0 Å². The van der Waals surface area contributed by atoms with E-state index in [0.717, 1.165) is 13.0 Å². The van der Waals surface area contributed by atoms with Gasteiger partial charge in [-0.2, -0.15) is 0 Å². The molecule has 54 valence electrons. The Labute approximate surface area is 54.5 Å². The Bertz CT molecular complexity index is 183. The van der Waals surface area contributed by atoms with Crippen molar-refractivity contribution in [1.82, 2.24) is 5.32 Å². The third-order valence-corrected chi connectivity index (χ3v) is 2.23. The fourth-order valence-electron chi connectivity index (χ4n) is 0.771. The minimum atomic E-state index is -3.25. The summed E-state index contributed by atoms with van der Waals surface area (Å²) in [5.41, 5.74) is 0. The SMILES string of the molecule is NS(=O)(=O)CC1CCN1. The number of primary sulfonamides is 1. The van der Waals surface area contributed by atoms with Gasteiger partial charge in [0.25, 0.3) is 0 Å². The van der Waals surface area contributed by atoms with Crippen molar-refractivity contribution in [3.05, 3.63) is 0 Å². The first-order valence-corrected chi connectivity index (χ1v) is 4.53. The number of nitrogens with one attached hydrogen (secondary N) is 1. The van der Waals surface area contributed by atoms with Crippen LogP contribution >= 0.6 is 0 Å². The van der Waals surface area contributed by atoms with Gasteiger partial charge in [0.1, 0.15) is 0 Å². The molecule has 1 fully saturated rings. The topological polar surface area (TPSA) is 72.2 Å². The molecular weight excluding hydrogens is 140 g/mol. The zero-order valence-corrected chi connectivity index (χ0v) is 5.82. The Balaban J connectivity index is 2.33. The van der Waals surface area contributed by atoms with Crippen LogP contribution in [0.25, 0.3) is 0 Å².